The van der Waals surface area contributed by atoms with Gasteiger partial charge in [-0.25, -0.2) is 0 Å². The minimum absolute atomic E-state index is 0.0902. The predicted octanol–water partition coefficient (Wildman–Crippen LogP) is 6.65. The Morgan fingerprint density at radius 2 is 0.857 bits per heavy atom. The molecule has 0 bridgehead atoms. The summed E-state index contributed by atoms with van der Waals surface area (Å²) in [5, 5.41) is 27.2. The molecule has 0 unspecified atom stereocenters. The largest absolute Gasteiger partial charge is 0.481 e. The molecule has 0 fully saturated rings. The normalized spacial score (nSPS) is 11.8. The van der Waals surface area contributed by atoms with E-state index >= 15 is 0 Å². The maximum atomic E-state index is 11.0. The molecule has 3 N–H and O–H groups in total. The molecule has 7 nitrogen and oxygen atoms in total. The van der Waals surface area contributed by atoms with Crippen LogP contribution in [0.4, 0.5) is 0 Å². The van der Waals surface area contributed by atoms with Crippen molar-refractivity contribution >= 4 is 17.9 Å². The molecule has 0 aromatic carbocycles. The van der Waals surface area contributed by atoms with Gasteiger partial charge in [0.1, 0.15) is 0 Å². The summed E-state index contributed by atoms with van der Waals surface area (Å²) in [5.41, 5.74) is 0. The minimum Gasteiger partial charge on any atom is -0.481 e. The first kappa shape index (κ1) is 33.1. The molecule has 0 spiro atoms. The Morgan fingerprint density at radius 3 is 1.26 bits per heavy atom. The van der Waals surface area contributed by atoms with Crippen molar-refractivity contribution in [3.8, 4) is 0 Å². The summed E-state index contributed by atoms with van der Waals surface area (Å²) >= 11 is 0. The second-order valence-electron chi connectivity index (χ2n) is 9.96. The van der Waals surface area contributed by atoms with Crippen LogP contribution >= 0.6 is 0 Å². The zero-order valence-corrected chi connectivity index (χ0v) is 22.2. The Labute approximate surface area is 213 Å². The number of carbonyl (C=O) groups is 3. The van der Waals surface area contributed by atoms with Crippen LogP contribution in [0.3, 0.4) is 0 Å². The van der Waals surface area contributed by atoms with Crippen molar-refractivity contribution < 1.29 is 34.2 Å². The van der Waals surface area contributed by atoms with E-state index in [-0.39, 0.29) is 19.3 Å². The van der Waals surface area contributed by atoms with Crippen LogP contribution < -0.4 is 0 Å². The molecular formula is C28H52NO6+. The molecule has 0 saturated carbocycles. The Hall–Kier alpha value is -1.89. The lowest BCUT2D eigenvalue weighted by Gasteiger charge is -2.39. The number of nitrogens with zero attached hydrogens (tertiary/aromatic N) is 1. The van der Waals surface area contributed by atoms with Gasteiger partial charge < -0.3 is 19.8 Å². The Balaban J connectivity index is 4.39. The van der Waals surface area contributed by atoms with Crippen molar-refractivity contribution in [2.24, 2.45) is 0 Å². The Morgan fingerprint density at radius 1 is 0.514 bits per heavy atom. The highest BCUT2D eigenvalue weighted by molar-refractivity contribution is 5.67. The van der Waals surface area contributed by atoms with Gasteiger partial charge in [-0.2, -0.15) is 0 Å². The highest BCUT2D eigenvalue weighted by atomic mass is 16.4. The van der Waals surface area contributed by atoms with Crippen LogP contribution in [0.5, 0.6) is 0 Å². The summed E-state index contributed by atoms with van der Waals surface area (Å²) < 4.78 is 0.639. The van der Waals surface area contributed by atoms with E-state index < -0.39 is 17.9 Å². The van der Waals surface area contributed by atoms with Crippen LogP contribution in [0.15, 0.2) is 12.2 Å². The number of carboxylic acid groups (broad SMARTS) is 3. The van der Waals surface area contributed by atoms with Crippen LogP contribution in [0.1, 0.15) is 122 Å². The summed E-state index contributed by atoms with van der Waals surface area (Å²) in [7, 11) is 0. The first-order valence-electron chi connectivity index (χ1n) is 14.0. The number of unbranched alkanes of at least 4 members (excludes halogenated alkanes) is 10. The van der Waals surface area contributed by atoms with E-state index in [9.17, 15) is 14.4 Å². The smallest absolute Gasteiger partial charge is 0.303 e. The fourth-order valence-corrected chi connectivity index (χ4v) is 4.72. The molecule has 0 radical (unpaired) electrons. The van der Waals surface area contributed by atoms with Gasteiger partial charge in [0.2, 0.25) is 0 Å². The van der Waals surface area contributed by atoms with E-state index in [1.54, 1.807) is 0 Å². The molecular weight excluding hydrogens is 446 g/mol. The van der Waals surface area contributed by atoms with Crippen molar-refractivity contribution in [2.75, 3.05) is 26.2 Å². The number of hydrogen-bond donors (Lipinski definition) is 3. The Kier molecular flexibility index (Phi) is 21.3. The second-order valence-corrected chi connectivity index (χ2v) is 9.96. The van der Waals surface area contributed by atoms with Crippen LogP contribution in [-0.2, 0) is 14.4 Å². The van der Waals surface area contributed by atoms with E-state index in [1.807, 2.05) is 0 Å². The molecule has 0 aromatic heterocycles. The fourth-order valence-electron chi connectivity index (χ4n) is 4.72. The van der Waals surface area contributed by atoms with Crippen molar-refractivity contribution in [2.45, 2.75) is 122 Å². The number of aliphatic carboxylic acids is 3. The molecule has 204 valence electrons. The van der Waals surface area contributed by atoms with Crippen LogP contribution in [0, 0.1) is 0 Å². The van der Waals surface area contributed by atoms with Gasteiger partial charge in [-0.1, -0.05) is 64.0 Å². The summed E-state index contributed by atoms with van der Waals surface area (Å²) in [4.78, 5) is 33.1. The second kappa shape index (κ2) is 22.6. The van der Waals surface area contributed by atoms with Gasteiger partial charge >= 0.3 is 17.9 Å². The maximum absolute atomic E-state index is 11.0. The van der Waals surface area contributed by atoms with Crippen molar-refractivity contribution in [3.63, 3.8) is 0 Å². The lowest BCUT2D eigenvalue weighted by molar-refractivity contribution is -0.929. The lowest BCUT2D eigenvalue weighted by atomic mass is 10.0. The quantitative estimate of drug-likeness (QED) is 0.0699. The average molecular weight is 499 g/mol. The molecule has 0 amide bonds. The third-order valence-electron chi connectivity index (χ3n) is 6.69. The molecule has 0 aliphatic heterocycles. The van der Waals surface area contributed by atoms with Crippen molar-refractivity contribution in [1.82, 2.24) is 0 Å². The van der Waals surface area contributed by atoms with E-state index in [4.69, 9.17) is 15.3 Å². The summed E-state index contributed by atoms with van der Waals surface area (Å²) in [6.45, 7) is 5.06. The van der Waals surface area contributed by atoms with E-state index in [1.165, 1.54) is 64.2 Å². The molecule has 35 heavy (non-hydrogen) atoms. The third kappa shape index (κ3) is 22.3. The molecule has 0 aliphatic rings. The van der Waals surface area contributed by atoms with Crippen molar-refractivity contribution in [3.05, 3.63) is 12.2 Å². The number of hydrogen-bond acceptors (Lipinski definition) is 3. The summed E-state index contributed by atoms with van der Waals surface area (Å²) in [6, 6.07) is 0. The van der Waals surface area contributed by atoms with Gasteiger partial charge in [0.25, 0.3) is 0 Å². The first-order valence-corrected chi connectivity index (χ1v) is 14.0. The minimum atomic E-state index is -0.827. The van der Waals surface area contributed by atoms with Crippen LogP contribution in [-0.4, -0.2) is 63.9 Å². The van der Waals surface area contributed by atoms with E-state index in [2.05, 4.69) is 19.1 Å². The van der Waals surface area contributed by atoms with E-state index in [0.717, 1.165) is 19.4 Å². The fraction of sp³-hybridized carbons (Fsp3) is 0.821. The Bertz CT molecular complexity index is 540. The molecule has 7 heteroatoms. The zero-order valence-electron chi connectivity index (χ0n) is 22.2. The van der Waals surface area contributed by atoms with Crippen LogP contribution in [0.25, 0.3) is 0 Å². The van der Waals surface area contributed by atoms with Gasteiger partial charge in [0.05, 0.1) is 45.4 Å². The highest BCUT2D eigenvalue weighted by Crippen LogP contribution is 2.18. The highest BCUT2D eigenvalue weighted by Gasteiger charge is 2.27. The third-order valence-corrected chi connectivity index (χ3v) is 6.69. The summed E-state index contributed by atoms with van der Waals surface area (Å²) in [5.74, 6) is -2.48. The molecule has 0 aliphatic carbocycles. The number of rotatable bonds is 26. The molecule has 0 heterocycles. The summed E-state index contributed by atoms with van der Waals surface area (Å²) in [6.07, 6.45) is 21.1. The lowest BCUT2D eigenvalue weighted by Crippen LogP contribution is -2.51. The predicted molar refractivity (Wildman–Crippen MR) is 141 cm³/mol. The number of carboxylic acids is 3. The van der Waals surface area contributed by atoms with Crippen LogP contribution in [0.2, 0.25) is 0 Å². The molecule has 0 atom stereocenters. The van der Waals surface area contributed by atoms with Gasteiger partial charge in [0, 0.05) is 19.3 Å². The van der Waals surface area contributed by atoms with E-state index in [0.29, 0.717) is 43.4 Å². The monoisotopic (exact) mass is 498 g/mol. The molecule has 0 aromatic rings. The molecule has 0 rings (SSSR count). The topological polar surface area (TPSA) is 112 Å². The number of quaternary nitrogens is 1. The average Bonchev–Trinajstić information content (AvgIpc) is 2.78. The maximum Gasteiger partial charge on any atom is 0.303 e. The molecule has 0 saturated heterocycles. The standard InChI is InChI=1S/C28H51NO6/c1-2-3-4-5-6-7-8-9-10-11-12-13-14-15-22-29(23-16-19-26(30)31,24-17-20-27(32)33)25-18-21-28(34)35/h4-5H,2-3,6-25H2,1H3,(H2-,30,31,32,33,34,35)/p+1/b5-4+. The first-order chi connectivity index (χ1) is 16.8. The van der Waals surface area contributed by atoms with Gasteiger partial charge in [0.15, 0.2) is 0 Å². The van der Waals surface area contributed by atoms with Gasteiger partial charge in [-0.3, -0.25) is 14.4 Å². The SMILES string of the molecule is CCC/C=C/CCCCCCCCCCC[N+](CCCC(=O)O)(CCCC(=O)O)CCCC(=O)O. The van der Waals surface area contributed by atoms with Crippen molar-refractivity contribution in [1.29, 1.82) is 0 Å². The van der Waals surface area contributed by atoms with Gasteiger partial charge in [-0.05, 0) is 32.1 Å². The zero-order chi connectivity index (χ0) is 26.2. The van der Waals surface area contributed by atoms with Gasteiger partial charge in [-0.15, -0.1) is 0 Å². The number of allylic oxidation sites excluding steroid dienone is 2.